The van der Waals surface area contributed by atoms with Crippen LogP contribution < -0.4 is 5.32 Å². The average molecular weight is 256 g/mol. The van der Waals surface area contributed by atoms with Crippen LogP contribution in [-0.4, -0.2) is 18.2 Å². The van der Waals surface area contributed by atoms with E-state index in [0.29, 0.717) is 0 Å². The fraction of sp³-hybridized carbons (Fsp3) is 0.538. The molecule has 16 heavy (non-hydrogen) atoms. The highest BCUT2D eigenvalue weighted by Gasteiger charge is 2.09. The van der Waals surface area contributed by atoms with Gasteiger partial charge in [-0.1, -0.05) is 12.1 Å². The Balaban J connectivity index is 1.90. The number of aryl methyl sites for hydroxylation is 1. The summed E-state index contributed by atoms with van der Waals surface area (Å²) in [4.78, 5) is 1.48. The molecule has 0 amide bonds. The summed E-state index contributed by atoms with van der Waals surface area (Å²) >= 11 is 7.63. The van der Waals surface area contributed by atoms with Crippen molar-refractivity contribution < 1.29 is 0 Å². The van der Waals surface area contributed by atoms with Crippen molar-refractivity contribution in [2.75, 3.05) is 18.2 Å². The SMILES string of the molecule is ClCCCNCc1ccc2c(c1)CCCS2. The van der Waals surface area contributed by atoms with Gasteiger partial charge in [0.2, 0.25) is 0 Å². The molecule has 0 spiro atoms. The molecular formula is C13H18ClNS. The molecule has 0 saturated heterocycles. The Morgan fingerprint density at radius 2 is 2.31 bits per heavy atom. The van der Waals surface area contributed by atoms with Crippen LogP contribution in [-0.2, 0) is 13.0 Å². The minimum Gasteiger partial charge on any atom is -0.313 e. The molecule has 1 aliphatic rings. The van der Waals surface area contributed by atoms with E-state index in [-0.39, 0.29) is 0 Å². The molecule has 1 heterocycles. The first-order chi connectivity index (χ1) is 7.90. The molecule has 0 atom stereocenters. The molecule has 0 fully saturated rings. The zero-order chi connectivity index (χ0) is 11.2. The first kappa shape index (κ1) is 12.3. The predicted octanol–water partition coefficient (Wildman–Crippen LogP) is 3.44. The zero-order valence-electron chi connectivity index (χ0n) is 9.47. The van der Waals surface area contributed by atoms with E-state index in [1.807, 2.05) is 11.8 Å². The Bertz CT molecular complexity index is 341. The summed E-state index contributed by atoms with van der Waals surface area (Å²) in [6.45, 7) is 1.98. The van der Waals surface area contributed by atoms with E-state index >= 15 is 0 Å². The number of thioether (sulfide) groups is 1. The Morgan fingerprint density at radius 3 is 3.19 bits per heavy atom. The fourth-order valence-corrected chi connectivity index (χ4v) is 3.10. The van der Waals surface area contributed by atoms with Crippen LogP contribution in [0.1, 0.15) is 24.0 Å². The lowest BCUT2D eigenvalue weighted by Gasteiger charge is -2.16. The van der Waals surface area contributed by atoms with Crippen LogP contribution in [0.25, 0.3) is 0 Å². The van der Waals surface area contributed by atoms with Gasteiger partial charge in [-0.2, -0.15) is 0 Å². The van der Waals surface area contributed by atoms with Crippen LogP contribution in [0.15, 0.2) is 23.1 Å². The maximum absolute atomic E-state index is 5.64. The molecule has 3 heteroatoms. The number of alkyl halides is 1. The van der Waals surface area contributed by atoms with Crippen molar-refractivity contribution in [1.29, 1.82) is 0 Å². The highest BCUT2D eigenvalue weighted by Crippen LogP contribution is 2.30. The largest absolute Gasteiger partial charge is 0.313 e. The topological polar surface area (TPSA) is 12.0 Å². The third-order valence-corrected chi connectivity index (χ3v) is 4.26. The number of nitrogens with one attached hydrogen (secondary N) is 1. The first-order valence-corrected chi connectivity index (χ1v) is 7.43. The highest BCUT2D eigenvalue weighted by atomic mass is 35.5. The molecular weight excluding hydrogens is 238 g/mol. The van der Waals surface area contributed by atoms with Crippen LogP contribution in [0, 0.1) is 0 Å². The highest BCUT2D eigenvalue weighted by molar-refractivity contribution is 7.99. The number of rotatable bonds is 5. The monoisotopic (exact) mass is 255 g/mol. The van der Waals surface area contributed by atoms with Gasteiger partial charge in [0.15, 0.2) is 0 Å². The van der Waals surface area contributed by atoms with Crippen LogP contribution in [0.4, 0.5) is 0 Å². The van der Waals surface area contributed by atoms with Gasteiger partial charge in [0.05, 0.1) is 0 Å². The molecule has 1 nitrogen and oxygen atoms in total. The number of halogens is 1. The number of fused-ring (bicyclic) bond motifs is 1. The zero-order valence-corrected chi connectivity index (χ0v) is 11.0. The smallest absolute Gasteiger partial charge is 0.0235 e. The molecule has 0 saturated carbocycles. The van der Waals surface area contributed by atoms with E-state index in [2.05, 4.69) is 23.5 Å². The van der Waals surface area contributed by atoms with Gasteiger partial charge >= 0.3 is 0 Å². The quantitative estimate of drug-likeness (QED) is 0.639. The van der Waals surface area contributed by atoms with Gasteiger partial charge in [0.25, 0.3) is 0 Å². The van der Waals surface area contributed by atoms with Crippen LogP contribution in [0.5, 0.6) is 0 Å². The summed E-state index contributed by atoms with van der Waals surface area (Å²) in [5.74, 6) is 2.02. The lowest BCUT2D eigenvalue weighted by Crippen LogP contribution is -2.15. The summed E-state index contributed by atoms with van der Waals surface area (Å²) in [5, 5.41) is 3.42. The molecule has 1 aliphatic heterocycles. The second-order valence-electron chi connectivity index (χ2n) is 4.11. The Morgan fingerprint density at radius 1 is 1.38 bits per heavy atom. The van der Waals surface area contributed by atoms with Crippen molar-refractivity contribution in [2.45, 2.75) is 30.7 Å². The van der Waals surface area contributed by atoms with Gasteiger partial charge < -0.3 is 5.32 Å². The van der Waals surface area contributed by atoms with E-state index in [0.717, 1.165) is 25.4 Å². The maximum atomic E-state index is 5.64. The summed E-state index contributed by atoms with van der Waals surface area (Å²) in [5.41, 5.74) is 2.93. The molecule has 1 N–H and O–H groups in total. The summed E-state index contributed by atoms with van der Waals surface area (Å²) in [6, 6.07) is 6.87. The molecule has 0 unspecified atom stereocenters. The van der Waals surface area contributed by atoms with E-state index in [4.69, 9.17) is 11.6 Å². The second-order valence-corrected chi connectivity index (χ2v) is 5.63. The third-order valence-electron chi connectivity index (χ3n) is 2.79. The van der Waals surface area contributed by atoms with Gasteiger partial charge in [-0.25, -0.2) is 0 Å². The van der Waals surface area contributed by atoms with Gasteiger partial charge in [-0.15, -0.1) is 23.4 Å². The summed E-state index contributed by atoms with van der Waals surface area (Å²) < 4.78 is 0. The van der Waals surface area contributed by atoms with Crippen molar-refractivity contribution >= 4 is 23.4 Å². The molecule has 88 valence electrons. The van der Waals surface area contributed by atoms with Gasteiger partial charge in [-0.3, -0.25) is 0 Å². The number of benzene rings is 1. The van der Waals surface area contributed by atoms with E-state index in [1.54, 1.807) is 0 Å². The molecule has 0 aliphatic carbocycles. The maximum Gasteiger partial charge on any atom is 0.0235 e. The summed E-state index contributed by atoms with van der Waals surface area (Å²) in [6.07, 6.45) is 3.61. The lowest BCUT2D eigenvalue weighted by molar-refractivity contribution is 0.676. The molecule has 1 aromatic carbocycles. The van der Waals surface area contributed by atoms with E-state index in [9.17, 15) is 0 Å². The standard InChI is InChI=1S/C13H18ClNS/c14-6-2-7-15-10-11-4-5-13-12(9-11)3-1-8-16-13/h4-5,9,15H,1-3,6-8,10H2. The van der Waals surface area contributed by atoms with Crippen molar-refractivity contribution in [2.24, 2.45) is 0 Å². The minimum absolute atomic E-state index is 0.744. The predicted molar refractivity (Wildman–Crippen MR) is 72.5 cm³/mol. The Hall–Kier alpha value is -0.180. The third kappa shape index (κ3) is 3.41. The van der Waals surface area contributed by atoms with Crippen LogP contribution >= 0.6 is 23.4 Å². The Labute approximate surface area is 107 Å². The molecule has 0 aromatic heterocycles. The van der Waals surface area contributed by atoms with Gasteiger partial charge in [0, 0.05) is 17.3 Å². The number of hydrogen-bond donors (Lipinski definition) is 1. The normalized spacial score (nSPS) is 14.8. The van der Waals surface area contributed by atoms with Gasteiger partial charge in [-0.05, 0) is 48.8 Å². The van der Waals surface area contributed by atoms with Crippen LogP contribution in [0.3, 0.4) is 0 Å². The van der Waals surface area contributed by atoms with Crippen molar-refractivity contribution in [3.8, 4) is 0 Å². The number of hydrogen-bond acceptors (Lipinski definition) is 2. The summed E-state index contributed by atoms with van der Waals surface area (Å²) in [7, 11) is 0. The molecule has 0 radical (unpaired) electrons. The molecule has 2 rings (SSSR count). The van der Waals surface area contributed by atoms with E-state index < -0.39 is 0 Å². The van der Waals surface area contributed by atoms with Gasteiger partial charge in [0.1, 0.15) is 0 Å². The second kappa shape index (κ2) is 6.53. The van der Waals surface area contributed by atoms with Crippen LogP contribution in [0.2, 0.25) is 0 Å². The average Bonchev–Trinajstić information content (AvgIpc) is 2.34. The fourth-order valence-electron chi connectivity index (χ4n) is 1.95. The lowest BCUT2D eigenvalue weighted by atomic mass is 10.1. The minimum atomic E-state index is 0.744. The van der Waals surface area contributed by atoms with E-state index in [1.165, 1.54) is 34.6 Å². The van der Waals surface area contributed by atoms with Crippen molar-refractivity contribution in [3.05, 3.63) is 29.3 Å². The van der Waals surface area contributed by atoms with Crippen molar-refractivity contribution in [1.82, 2.24) is 5.32 Å². The molecule has 1 aromatic rings. The first-order valence-electron chi connectivity index (χ1n) is 5.91. The Kier molecular flexibility index (Phi) is 5.01. The van der Waals surface area contributed by atoms with Crippen molar-refractivity contribution in [3.63, 3.8) is 0 Å². The molecule has 0 bridgehead atoms.